The molecule has 108 valence electrons. The first-order valence-electron chi connectivity index (χ1n) is 6.58. The number of amides is 2. The highest BCUT2D eigenvalue weighted by Gasteiger charge is 2.05. The summed E-state index contributed by atoms with van der Waals surface area (Å²) in [7, 11) is 0. The number of benzene rings is 1. The van der Waals surface area contributed by atoms with Crippen LogP contribution < -0.4 is 10.7 Å². The third kappa shape index (κ3) is 5.65. The van der Waals surface area contributed by atoms with Gasteiger partial charge in [0.05, 0.1) is 6.42 Å². The van der Waals surface area contributed by atoms with Crippen molar-refractivity contribution in [1.29, 1.82) is 0 Å². The summed E-state index contributed by atoms with van der Waals surface area (Å²) in [4.78, 5) is 22.5. The van der Waals surface area contributed by atoms with E-state index in [1.165, 1.54) is 12.5 Å². The first kappa shape index (κ1) is 15.9. The normalized spacial score (nSPS) is 11.3. The van der Waals surface area contributed by atoms with Gasteiger partial charge in [0.2, 0.25) is 11.8 Å². The Hall–Kier alpha value is -2.17. The van der Waals surface area contributed by atoms with Crippen LogP contribution in [0.5, 0.6) is 0 Å². The molecule has 1 aromatic rings. The molecule has 1 rings (SSSR count). The van der Waals surface area contributed by atoms with Crippen molar-refractivity contribution in [3.05, 3.63) is 29.8 Å². The van der Waals surface area contributed by atoms with E-state index in [0.717, 1.165) is 5.69 Å². The van der Waals surface area contributed by atoms with E-state index in [4.69, 9.17) is 0 Å². The Labute approximate surface area is 119 Å². The third-order valence-corrected chi connectivity index (χ3v) is 2.68. The summed E-state index contributed by atoms with van der Waals surface area (Å²) in [5, 5.41) is 6.59. The summed E-state index contributed by atoms with van der Waals surface area (Å²) in [6.07, 6.45) is 0.145. The molecule has 1 aromatic carbocycles. The first-order chi connectivity index (χ1) is 9.38. The highest BCUT2D eigenvalue weighted by Crippen LogP contribution is 2.17. The maximum Gasteiger partial charge on any atom is 0.236 e. The number of nitrogens with zero attached hydrogens (tertiary/aromatic N) is 1. The predicted molar refractivity (Wildman–Crippen MR) is 80.7 cm³/mol. The highest BCUT2D eigenvalue weighted by atomic mass is 16.2. The fourth-order valence-electron chi connectivity index (χ4n) is 1.60. The van der Waals surface area contributed by atoms with Crippen LogP contribution in [-0.4, -0.2) is 17.5 Å². The van der Waals surface area contributed by atoms with Gasteiger partial charge in [-0.1, -0.05) is 26.0 Å². The van der Waals surface area contributed by atoms with Crippen LogP contribution in [-0.2, 0) is 9.59 Å². The molecule has 0 fully saturated rings. The van der Waals surface area contributed by atoms with Crippen molar-refractivity contribution < 1.29 is 9.59 Å². The second-order valence-corrected chi connectivity index (χ2v) is 5.02. The summed E-state index contributed by atoms with van der Waals surface area (Å²) in [6, 6.07) is 7.76. The number of nitrogens with one attached hydrogen (secondary N) is 2. The Morgan fingerprint density at radius 3 is 2.25 bits per heavy atom. The number of carbonyl (C=O) groups is 2. The second kappa shape index (κ2) is 7.43. The molecule has 0 bridgehead atoms. The maximum absolute atomic E-state index is 11.8. The van der Waals surface area contributed by atoms with E-state index in [1.54, 1.807) is 6.92 Å². The Morgan fingerprint density at radius 2 is 1.75 bits per heavy atom. The Bertz CT molecular complexity index is 504. The number of carbonyl (C=O) groups excluding carboxylic acids is 2. The van der Waals surface area contributed by atoms with Crippen LogP contribution in [0.2, 0.25) is 0 Å². The van der Waals surface area contributed by atoms with E-state index in [-0.39, 0.29) is 18.2 Å². The molecule has 0 aliphatic heterocycles. The minimum atomic E-state index is -0.256. The lowest BCUT2D eigenvalue weighted by Gasteiger charge is -2.08. The molecular formula is C15H21N3O2. The molecular weight excluding hydrogens is 254 g/mol. The monoisotopic (exact) mass is 275 g/mol. The SMILES string of the molecule is CC(=O)N/N=C(\C)CC(=O)Nc1ccc(C(C)C)cc1. The van der Waals surface area contributed by atoms with Gasteiger partial charge in [0.1, 0.15) is 0 Å². The maximum atomic E-state index is 11.8. The van der Waals surface area contributed by atoms with Crippen LogP contribution in [0.3, 0.4) is 0 Å². The first-order valence-corrected chi connectivity index (χ1v) is 6.58. The Morgan fingerprint density at radius 1 is 1.15 bits per heavy atom. The summed E-state index contributed by atoms with van der Waals surface area (Å²) in [6.45, 7) is 7.30. The van der Waals surface area contributed by atoms with Gasteiger partial charge in [-0.05, 0) is 30.5 Å². The molecule has 0 spiro atoms. The van der Waals surface area contributed by atoms with Crippen molar-refractivity contribution >= 4 is 23.2 Å². The van der Waals surface area contributed by atoms with E-state index in [9.17, 15) is 9.59 Å². The lowest BCUT2D eigenvalue weighted by Crippen LogP contribution is -2.19. The van der Waals surface area contributed by atoms with E-state index < -0.39 is 0 Å². The van der Waals surface area contributed by atoms with Crippen molar-refractivity contribution in [3.8, 4) is 0 Å². The van der Waals surface area contributed by atoms with Crippen LogP contribution in [0.15, 0.2) is 29.4 Å². The van der Waals surface area contributed by atoms with Gasteiger partial charge < -0.3 is 5.32 Å². The highest BCUT2D eigenvalue weighted by molar-refractivity contribution is 6.05. The molecule has 0 atom stereocenters. The molecule has 5 heteroatoms. The zero-order valence-electron chi connectivity index (χ0n) is 12.4. The molecule has 0 saturated carbocycles. The smallest absolute Gasteiger partial charge is 0.236 e. The van der Waals surface area contributed by atoms with Crippen LogP contribution in [0.25, 0.3) is 0 Å². The average molecular weight is 275 g/mol. The fraction of sp³-hybridized carbons (Fsp3) is 0.400. The summed E-state index contributed by atoms with van der Waals surface area (Å²) in [5.74, 6) is 0.0507. The van der Waals surface area contributed by atoms with Crippen molar-refractivity contribution in [3.63, 3.8) is 0 Å². The predicted octanol–water partition coefficient (Wildman–Crippen LogP) is 2.65. The van der Waals surface area contributed by atoms with Crippen molar-refractivity contribution in [2.75, 3.05) is 5.32 Å². The van der Waals surface area contributed by atoms with Gasteiger partial charge in [0.15, 0.2) is 0 Å². The molecule has 20 heavy (non-hydrogen) atoms. The topological polar surface area (TPSA) is 70.6 Å². The quantitative estimate of drug-likeness (QED) is 0.640. The number of rotatable bonds is 5. The van der Waals surface area contributed by atoms with Crippen LogP contribution in [0, 0.1) is 0 Å². The van der Waals surface area contributed by atoms with Gasteiger partial charge in [-0.15, -0.1) is 0 Å². The van der Waals surface area contributed by atoms with Crippen molar-refractivity contribution in [1.82, 2.24) is 5.43 Å². The lowest BCUT2D eigenvalue weighted by atomic mass is 10.0. The fourth-order valence-corrected chi connectivity index (χ4v) is 1.60. The van der Waals surface area contributed by atoms with Crippen LogP contribution in [0.1, 0.15) is 45.6 Å². The van der Waals surface area contributed by atoms with Gasteiger partial charge in [0.25, 0.3) is 0 Å². The zero-order valence-corrected chi connectivity index (χ0v) is 12.4. The molecule has 0 unspecified atom stereocenters. The average Bonchev–Trinajstić information content (AvgIpc) is 2.36. The van der Waals surface area contributed by atoms with Gasteiger partial charge in [-0.2, -0.15) is 5.10 Å². The lowest BCUT2D eigenvalue weighted by molar-refractivity contribution is -0.119. The van der Waals surface area contributed by atoms with Crippen molar-refractivity contribution in [2.24, 2.45) is 5.10 Å². The minimum Gasteiger partial charge on any atom is -0.326 e. The standard InChI is InChI=1S/C15H21N3O2/c1-10(2)13-5-7-14(8-6-13)16-15(20)9-11(3)17-18-12(4)19/h5-8,10H,9H2,1-4H3,(H,16,20)(H,18,19)/b17-11+. The van der Waals surface area contributed by atoms with Crippen molar-refractivity contribution in [2.45, 2.75) is 40.0 Å². The molecule has 0 aliphatic carbocycles. The summed E-state index contributed by atoms with van der Waals surface area (Å²) < 4.78 is 0. The number of anilines is 1. The van der Waals surface area contributed by atoms with E-state index >= 15 is 0 Å². The van der Waals surface area contributed by atoms with Gasteiger partial charge >= 0.3 is 0 Å². The molecule has 5 nitrogen and oxygen atoms in total. The summed E-state index contributed by atoms with van der Waals surface area (Å²) in [5.41, 5.74) is 4.84. The van der Waals surface area contributed by atoms with Gasteiger partial charge in [-0.25, -0.2) is 5.43 Å². The molecule has 0 aromatic heterocycles. The minimum absolute atomic E-state index is 0.145. The summed E-state index contributed by atoms with van der Waals surface area (Å²) >= 11 is 0. The molecule has 0 radical (unpaired) electrons. The number of hydrazone groups is 1. The van der Waals surface area contributed by atoms with Crippen LogP contribution >= 0.6 is 0 Å². The Balaban J connectivity index is 2.54. The molecule has 0 saturated heterocycles. The molecule has 0 aliphatic rings. The Kier molecular flexibility index (Phi) is 5.90. The molecule has 0 heterocycles. The van der Waals surface area contributed by atoms with E-state index in [1.807, 2.05) is 24.3 Å². The van der Waals surface area contributed by atoms with E-state index in [2.05, 4.69) is 29.7 Å². The zero-order chi connectivity index (χ0) is 15.1. The van der Waals surface area contributed by atoms with Gasteiger partial charge in [0, 0.05) is 18.3 Å². The second-order valence-electron chi connectivity index (χ2n) is 5.02. The molecule has 2 amide bonds. The van der Waals surface area contributed by atoms with E-state index in [0.29, 0.717) is 11.6 Å². The third-order valence-electron chi connectivity index (χ3n) is 2.68. The molecule has 2 N–H and O–H groups in total. The largest absolute Gasteiger partial charge is 0.326 e. The number of hydrogen-bond acceptors (Lipinski definition) is 3. The van der Waals surface area contributed by atoms with Gasteiger partial charge in [-0.3, -0.25) is 9.59 Å². The number of hydrogen-bond donors (Lipinski definition) is 2. The van der Waals surface area contributed by atoms with Crippen LogP contribution in [0.4, 0.5) is 5.69 Å².